The molecule has 3 aromatic heterocycles. The molecule has 0 saturated heterocycles. The van der Waals surface area contributed by atoms with Gasteiger partial charge in [0, 0.05) is 49.5 Å². The van der Waals surface area contributed by atoms with E-state index in [9.17, 15) is 0 Å². The van der Waals surface area contributed by atoms with E-state index in [0.29, 0.717) is 17.5 Å². The molecule has 3 heterocycles. The van der Waals surface area contributed by atoms with E-state index in [-0.39, 0.29) is 0 Å². The Morgan fingerprint density at radius 1 is 0.389 bits per heavy atom. The minimum absolute atomic E-state index is 0.612. The van der Waals surface area contributed by atoms with Gasteiger partial charge in [0.25, 0.3) is 0 Å². The molecule has 5 heteroatoms. The molecule has 0 radical (unpaired) electrons. The number of hydrogen-bond acceptors (Lipinski definition) is 4. The highest BCUT2D eigenvalue weighted by Crippen LogP contribution is 2.54. The van der Waals surface area contributed by atoms with Gasteiger partial charge in [-0.15, -0.1) is 0 Å². The predicted molar refractivity (Wildman–Crippen MR) is 220 cm³/mol. The van der Waals surface area contributed by atoms with Crippen molar-refractivity contribution in [3.63, 3.8) is 0 Å². The van der Waals surface area contributed by atoms with Gasteiger partial charge in [-0.25, -0.2) is 15.0 Å². The van der Waals surface area contributed by atoms with Crippen LogP contribution in [-0.2, 0) is 0 Å². The number of rotatable bonds is 4. The molecule has 1 aliphatic rings. The molecule has 12 rings (SSSR count). The maximum absolute atomic E-state index is 6.64. The zero-order valence-electron chi connectivity index (χ0n) is 28.9. The van der Waals surface area contributed by atoms with Gasteiger partial charge in [-0.1, -0.05) is 133 Å². The first-order valence-corrected chi connectivity index (χ1v) is 18.2. The maximum Gasteiger partial charge on any atom is 0.165 e. The number of fused-ring (bicyclic) bond motifs is 9. The molecular weight excluding hydrogens is 661 g/mol. The summed E-state index contributed by atoms with van der Waals surface area (Å²) in [5, 5.41) is 6.72. The summed E-state index contributed by atoms with van der Waals surface area (Å²) >= 11 is 0. The molecule has 0 atom stereocenters. The van der Waals surface area contributed by atoms with Gasteiger partial charge in [-0.2, -0.15) is 0 Å². The predicted octanol–water partition coefficient (Wildman–Crippen LogP) is 12.7. The molecule has 8 aromatic carbocycles. The Balaban J connectivity index is 1.23. The fraction of sp³-hybridized carbons (Fsp3) is 0. The van der Waals surface area contributed by atoms with E-state index in [2.05, 4.69) is 144 Å². The second-order valence-corrected chi connectivity index (χ2v) is 13.9. The monoisotopic (exact) mass is 688 g/mol. The Hall–Kier alpha value is -7.37. The second kappa shape index (κ2) is 11.1. The number of para-hydroxylation sites is 3. The van der Waals surface area contributed by atoms with Crippen LogP contribution in [0.25, 0.3) is 117 Å². The lowest BCUT2D eigenvalue weighted by Crippen LogP contribution is -2.02. The van der Waals surface area contributed by atoms with E-state index >= 15 is 0 Å². The second-order valence-electron chi connectivity index (χ2n) is 13.9. The van der Waals surface area contributed by atoms with Crippen LogP contribution in [0.4, 0.5) is 0 Å². The van der Waals surface area contributed by atoms with E-state index in [1.807, 2.05) is 30.3 Å². The summed E-state index contributed by atoms with van der Waals surface area (Å²) in [6.07, 6.45) is 0. The molecule has 54 heavy (non-hydrogen) atoms. The van der Waals surface area contributed by atoms with Crippen LogP contribution < -0.4 is 0 Å². The molecule has 0 spiro atoms. The van der Waals surface area contributed by atoms with Gasteiger partial charge in [0.15, 0.2) is 17.5 Å². The summed E-state index contributed by atoms with van der Waals surface area (Å²) in [4.78, 5) is 16.2. The van der Waals surface area contributed by atoms with Crippen LogP contribution >= 0.6 is 0 Å². The number of furan rings is 1. The largest absolute Gasteiger partial charge is 0.456 e. The molecule has 5 nitrogen and oxygen atoms in total. The number of benzene rings is 8. The molecule has 11 aromatic rings. The average Bonchev–Trinajstić information content (AvgIpc) is 3.89. The van der Waals surface area contributed by atoms with Crippen LogP contribution in [0.5, 0.6) is 0 Å². The van der Waals surface area contributed by atoms with Crippen molar-refractivity contribution in [3.8, 4) is 62.1 Å². The average molecular weight is 689 g/mol. The summed E-state index contributed by atoms with van der Waals surface area (Å²) in [6.45, 7) is 0. The van der Waals surface area contributed by atoms with Crippen molar-refractivity contribution in [2.45, 2.75) is 0 Å². The Morgan fingerprint density at radius 3 is 1.89 bits per heavy atom. The molecular formula is C49H28N4O. The van der Waals surface area contributed by atoms with E-state index < -0.39 is 0 Å². The summed E-state index contributed by atoms with van der Waals surface area (Å²) in [7, 11) is 0. The van der Waals surface area contributed by atoms with Gasteiger partial charge in [0.1, 0.15) is 11.2 Å². The van der Waals surface area contributed by atoms with Crippen LogP contribution in [0.3, 0.4) is 0 Å². The topological polar surface area (TPSA) is 56.7 Å². The van der Waals surface area contributed by atoms with Crippen molar-refractivity contribution in [2.75, 3.05) is 0 Å². The molecule has 0 bridgehead atoms. The molecule has 1 aliphatic carbocycles. The fourth-order valence-corrected chi connectivity index (χ4v) is 8.76. The fourth-order valence-electron chi connectivity index (χ4n) is 8.76. The molecule has 0 amide bonds. The summed E-state index contributed by atoms with van der Waals surface area (Å²) < 4.78 is 8.97. The Morgan fingerprint density at radius 2 is 1.04 bits per heavy atom. The lowest BCUT2D eigenvalue weighted by molar-refractivity contribution is 0.669. The van der Waals surface area contributed by atoms with E-state index in [4.69, 9.17) is 19.4 Å². The van der Waals surface area contributed by atoms with Gasteiger partial charge in [-0.3, -0.25) is 0 Å². The number of aromatic nitrogens is 4. The normalized spacial score (nSPS) is 12.1. The van der Waals surface area contributed by atoms with Gasteiger partial charge >= 0.3 is 0 Å². The van der Waals surface area contributed by atoms with Gasteiger partial charge in [-0.05, 0) is 63.9 Å². The third-order valence-electron chi connectivity index (χ3n) is 11.0. The van der Waals surface area contributed by atoms with Gasteiger partial charge in [0.2, 0.25) is 0 Å². The highest BCUT2D eigenvalue weighted by Gasteiger charge is 2.30. The van der Waals surface area contributed by atoms with Crippen LogP contribution in [0.2, 0.25) is 0 Å². The molecule has 250 valence electrons. The highest BCUT2D eigenvalue weighted by molar-refractivity contribution is 6.25. The standard InChI is InChI=1S/C49H28N4O/c1-3-14-30(15-4-1)47-50-48(36-24-13-26-39-43(36)33-20-7-9-25-38(33)53(39)31-18-5-2-6-19-31)52-49(51-47)46-44-35-23-12-17-29-16-11-22-32(42(29)35)37(44)28-41-45(46)34-21-8-10-27-40(34)54-41/h1-28H. The van der Waals surface area contributed by atoms with Crippen LogP contribution in [-0.4, -0.2) is 19.5 Å². The van der Waals surface area contributed by atoms with E-state index in [1.165, 1.54) is 21.9 Å². The Labute approximate surface area is 309 Å². The van der Waals surface area contributed by atoms with Crippen molar-refractivity contribution in [3.05, 3.63) is 170 Å². The lowest BCUT2D eigenvalue weighted by Gasteiger charge is -2.14. The van der Waals surface area contributed by atoms with Gasteiger partial charge in [0.05, 0.1) is 11.0 Å². The van der Waals surface area contributed by atoms with Crippen molar-refractivity contribution < 1.29 is 4.42 Å². The first kappa shape index (κ1) is 29.2. The molecule has 0 aliphatic heterocycles. The van der Waals surface area contributed by atoms with Crippen molar-refractivity contribution in [1.82, 2.24) is 19.5 Å². The molecule has 0 unspecified atom stereocenters. The third-order valence-corrected chi connectivity index (χ3v) is 11.0. The quantitative estimate of drug-likeness (QED) is 0.185. The van der Waals surface area contributed by atoms with Gasteiger partial charge < -0.3 is 8.98 Å². The first-order valence-electron chi connectivity index (χ1n) is 18.2. The minimum atomic E-state index is 0.612. The Kier molecular flexibility index (Phi) is 5.99. The minimum Gasteiger partial charge on any atom is -0.456 e. The SMILES string of the molecule is c1ccc(-c2nc(-c3c4c(cc5oc6ccccc6c35)-c3cccc5cccc-4c35)nc(-c3cccc4c3c3ccccc3n4-c3ccccc3)n2)cc1. The molecule has 0 fully saturated rings. The van der Waals surface area contributed by atoms with Crippen molar-refractivity contribution >= 4 is 54.5 Å². The van der Waals surface area contributed by atoms with Crippen molar-refractivity contribution in [1.29, 1.82) is 0 Å². The number of nitrogens with zero attached hydrogens (tertiary/aromatic N) is 4. The highest BCUT2D eigenvalue weighted by atomic mass is 16.3. The molecule has 0 N–H and O–H groups in total. The van der Waals surface area contributed by atoms with Crippen LogP contribution in [0, 0.1) is 0 Å². The zero-order chi connectivity index (χ0) is 35.3. The van der Waals surface area contributed by atoms with Crippen LogP contribution in [0.15, 0.2) is 174 Å². The molecule has 0 saturated carbocycles. The first-order chi connectivity index (χ1) is 26.8. The van der Waals surface area contributed by atoms with E-state index in [1.54, 1.807) is 0 Å². The summed E-state index contributed by atoms with van der Waals surface area (Å²) in [6, 6.07) is 59.4. The summed E-state index contributed by atoms with van der Waals surface area (Å²) in [5.41, 5.74) is 12.4. The summed E-state index contributed by atoms with van der Waals surface area (Å²) in [5.74, 6) is 1.85. The maximum atomic E-state index is 6.64. The Bertz CT molecular complexity index is 3320. The van der Waals surface area contributed by atoms with Crippen LogP contribution in [0.1, 0.15) is 0 Å². The van der Waals surface area contributed by atoms with E-state index in [0.717, 1.165) is 77.2 Å². The number of hydrogen-bond donors (Lipinski definition) is 0. The zero-order valence-corrected chi connectivity index (χ0v) is 28.9. The third kappa shape index (κ3) is 4.06. The smallest absolute Gasteiger partial charge is 0.165 e. The van der Waals surface area contributed by atoms with Crippen molar-refractivity contribution in [2.24, 2.45) is 0 Å². The lowest BCUT2D eigenvalue weighted by atomic mass is 9.93.